The second kappa shape index (κ2) is 5.86. The molecule has 1 aromatic rings. The van der Waals surface area contributed by atoms with Crippen LogP contribution in [0, 0.1) is 12.3 Å². The third-order valence-corrected chi connectivity index (χ3v) is 4.05. The Labute approximate surface area is 122 Å². The Balaban J connectivity index is 2.12. The molecule has 0 aromatic carbocycles. The van der Waals surface area contributed by atoms with E-state index in [9.17, 15) is 0 Å². The molecule has 1 aliphatic rings. The van der Waals surface area contributed by atoms with E-state index in [0.717, 1.165) is 38.3 Å². The van der Waals surface area contributed by atoms with E-state index in [4.69, 9.17) is 4.74 Å². The van der Waals surface area contributed by atoms with Gasteiger partial charge in [0.15, 0.2) is 0 Å². The molecule has 1 fully saturated rings. The molecule has 2 rings (SSSR count). The average Bonchev–Trinajstić information content (AvgIpc) is 2.66. The summed E-state index contributed by atoms with van der Waals surface area (Å²) in [5, 5.41) is 8.14. The number of aromatic nitrogens is 2. The predicted octanol–water partition coefficient (Wildman–Crippen LogP) is 2.46. The van der Waals surface area contributed by atoms with Crippen LogP contribution in [0.3, 0.4) is 0 Å². The summed E-state index contributed by atoms with van der Waals surface area (Å²) in [5.74, 6) is 0. The van der Waals surface area contributed by atoms with Gasteiger partial charge in [0, 0.05) is 36.8 Å². The summed E-state index contributed by atoms with van der Waals surface area (Å²) in [4.78, 5) is 0. The van der Waals surface area contributed by atoms with E-state index in [-0.39, 0.29) is 11.0 Å². The molecule has 1 N–H and O–H groups in total. The number of aryl methyl sites for hydroxylation is 2. The molecule has 0 saturated carbocycles. The lowest BCUT2D eigenvalue weighted by molar-refractivity contribution is -0.0108. The number of hydrogen-bond donors (Lipinski definition) is 1. The Bertz CT molecular complexity index is 439. The number of ether oxygens (including phenoxy) is 1. The van der Waals surface area contributed by atoms with Crippen LogP contribution in [0.1, 0.15) is 45.0 Å². The Hall–Kier alpha value is -0.870. The first-order valence-electron chi connectivity index (χ1n) is 7.62. The van der Waals surface area contributed by atoms with Crippen molar-refractivity contribution >= 4 is 0 Å². The summed E-state index contributed by atoms with van der Waals surface area (Å²) in [6.45, 7) is 11.5. The van der Waals surface area contributed by atoms with Crippen molar-refractivity contribution in [2.45, 2.75) is 52.5 Å². The van der Waals surface area contributed by atoms with Crippen molar-refractivity contribution in [2.75, 3.05) is 19.8 Å². The monoisotopic (exact) mass is 279 g/mol. The van der Waals surface area contributed by atoms with Crippen molar-refractivity contribution in [2.24, 2.45) is 12.5 Å². The van der Waals surface area contributed by atoms with Crippen LogP contribution >= 0.6 is 0 Å². The molecule has 1 atom stereocenters. The molecule has 4 heteroatoms. The molecular weight excluding hydrogens is 250 g/mol. The van der Waals surface area contributed by atoms with Crippen molar-refractivity contribution < 1.29 is 4.74 Å². The first kappa shape index (κ1) is 15.5. The quantitative estimate of drug-likeness (QED) is 0.920. The second-order valence-corrected chi connectivity index (χ2v) is 7.34. The second-order valence-electron chi connectivity index (χ2n) is 7.34. The molecule has 114 valence electrons. The van der Waals surface area contributed by atoms with Gasteiger partial charge in [0.1, 0.15) is 0 Å². The summed E-state index contributed by atoms with van der Waals surface area (Å²) in [7, 11) is 2.04. The van der Waals surface area contributed by atoms with E-state index in [1.165, 1.54) is 12.1 Å². The Morgan fingerprint density at radius 3 is 2.70 bits per heavy atom. The molecule has 0 spiro atoms. The fourth-order valence-corrected chi connectivity index (χ4v) is 2.92. The largest absolute Gasteiger partial charge is 0.381 e. The number of hydrogen-bond acceptors (Lipinski definition) is 3. The molecule has 2 heterocycles. The zero-order valence-electron chi connectivity index (χ0n) is 13.6. The van der Waals surface area contributed by atoms with Gasteiger partial charge in [-0.05, 0) is 53.0 Å². The zero-order chi connectivity index (χ0) is 14.8. The molecule has 0 bridgehead atoms. The molecule has 1 aliphatic heterocycles. The van der Waals surface area contributed by atoms with Crippen LogP contribution in [0.4, 0.5) is 0 Å². The van der Waals surface area contributed by atoms with E-state index in [2.05, 4.69) is 44.2 Å². The molecule has 1 aromatic heterocycles. The highest BCUT2D eigenvalue weighted by Crippen LogP contribution is 2.32. The van der Waals surface area contributed by atoms with Gasteiger partial charge in [0.2, 0.25) is 0 Å². The van der Waals surface area contributed by atoms with Crippen LogP contribution in [-0.4, -0.2) is 35.1 Å². The van der Waals surface area contributed by atoms with E-state index in [1.807, 2.05) is 11.7 Å². The van der Waals surface area contributed by atoms with Gasteiger partial charge in [0.25, 0.3) is 0 Å². The number of nitrogens with zero attached hydrogens (tertiary/aromatic N) is 2. The summed E-state index contributed by atoms with van der Waals surface area (Å²) in [5.41, 5.74) is 2.75. The minimum atomic E-state index is 0.146. The summed E-state index contributed by atoms with van der Waals surface area (Å²) in [6.07, 6.45) is 3.41. The molecule has 0 radical (unpaired) electrons. The Morgan fingerprint density at radius 2 is 2.20 bits per heavy atom. The highest BCUT2D eigenvalue weighted by Gasteiger charge is 2.35. The first-order valence-corrected chi connectivity index (χ1v) is 7.62. The molecule has 0 aliphatic carbocycles. The fourth-order valence-electron chi connectivity index (χ4n) is 2.92. The topological polar surface area (TPSA) is 39.1 Å². The molecule has 1 unspecified atom stereocenters. The van der Waals surface area contributed by atoms with Gasteiger partial charge in [-0.25, -0.2) is 0 Å². The van der Waals surface area contributed by atoms with Gasteiger partial charge in [-0.2, -0.15) is 5.10 Å². The van der Waals surface area contributed by atoms with Crippen LogP contribution in [0.25, 0.3) is 0 Å². The highest BCUT2D eigenvalue weighted by atomic mass is 16.5. The van der Waals surface area contributed by atoms with Gasteiger partial charge >= 0.3 is 0 Å². The minimum Gasteiger partial charge on any atom is -0.381 e. The smallest absolute Gasteiger partial charge is 0.0596 e. The van der Waals surface area contributed by atoms with Crippen molar-refractivity contribution in [1.82, 2.24) is 15.1 Å². The van der Waals surface area contributed by atoms with Crippen LogP contribution in [-0.2, 0) is 18.2 Å². The van der Waals surface area contributed by atoms with Crippen LogP contribution < -0.4 is 5.32 Å². The first-order chi connectivity index (χ1) is 9.30. The summed E-state index contributed by atoms with van der Waals surface area (Å²) in [6, 6.07) is 2.20. The third kappa shape index (κ3) is 4.06. The molecule has 20 heavy (non-hydrogen) atoms. The van der Waals surface area contributed by atoms with Gasteiger partial charge in [-0.15, -0.1) is 0 Å². The Morgan fingerprint density at radius 1 is 1.45 bits per heavy atom. The zero-order valence-corrected chi connectivity index (χ0v) is 13.6. The molecule has 1 saturated heterocycles. The fraction of sp³-hybridized carbons (Fsp3) is 0.812. The van der Waals surface area contributed by atoms with Crippen molar-refractivity contribution in [3.63, 3.8) is 0 Å². The molecule has 4 nitrogen and oxygen atoms in total. The van der Waals surface area contributed by atoms with Crippen molar-refractivity contribution in [3.05, 3.63) is 17.5 Å². The Kier molecular flexibility index (Phi) is 4.55. The normalized spacial score (nSPS) is 24.1. The van der Waals surface area contributed by atoms with E-state index < -0.39 is 0 Å². The van der Waals surface area contributed by atoms with Crippen molar-refractivity contribution in [1.29, 1.82) is 0 Å². The predicted molar refractivity (Wildman–Crippen MR) is 81.9 cm³/mol. The van der Waals surface area contributed by atoms with Gasteiger partial charge in [-0.3, -0.25) is 4.68 Å². The molecular formula is C16H29N3O. The standard InChI is InChI=1S/C16H29N3O/c1-13-9-14(19(5)18-13)10-16(7-6-8-20-12-16)11-17-15(2,3)4/h9,17H,6-8,10-12H2,1-5H3. The number of nitrogens with one attached hydrogen (secondary N) is 1. The van der Waals surface area contributed by atoms with E-state index in [0.29, 0.717) is 0 Å². The van der Waals surface area contributed by atoms with Crippen molar-refractivity contribution in [3.8, 4) is 0 Å². The van der Waals surface area contributed by atoms with Crippen LogP contribution in [0.2, 0.25) is 0 Å². The third-order valence-electron chi connectivity index (χ3n) is 4.05. The summed E-state index contributed by atoms with van der Waals surface area (Å²) < 4.78 is 7.82. The van der Waals surface area contributed by atoms with Gasteiger partial charge < -0.3 is 10.1 Å². The molecule has 0 amide bonds. The van der Waals surface area contributed by atoms with Crippen LogP contribution in [0.5, 0.6) is 0 Å². The highest BCUT2D eigenvalue weighted by molar-refractivity contribution is 5.12. The van der Waals surface area contributed by atoms with Crippen LogP contribution in [0.15, 0.2) is 6.07 Å². The maximum atomic E-state index is 5.80. The average molecular weight is 279 g/mol. The lowest BCUT2D eigenvalue weighted by atomic mass is 9.77. The van der Waals surface area contributed by atoms with E-state index in [1.54, 1.807) is 0 Å². The SMILES string of the molecule is Cc1cc(CC2(CNC(C)(C)C)CCCOC2)n(C)n1. The van der Waals surface area contributed by atoms with Gasteiger partial charge in [-0.1, -0.05) is 0 Å². The van der Waals surface area contributed by atoms with E-state index >= 15 is 0 Å². The maximum absolute atomic E-state index is 5.80. The number of rotatable bonds is 4. The maximum Gasteiger partial charge on any atom is 0.0596 e. The lowest BCUT2D eigenvalue weighted by Crippen LogP contribution is -2.48. The minimum absolute atomic E-state index is 0.146. The summed E-state index contributed by atoms with van der Waals surface area (Å²) >= 11 is 0. The van der Waals surface area contributed by atoms with Gasteiger partial charge in [0.05, 0.1) is 12.3 Å². The lowest BCUT2D eigenvalue weighted by Gasteiger charge is -2.39.